The van der Waals surface area contributed by atoms with Crippen LogP contribution < -0.4 is 10.1 Å². The van der Waals surface area contributed by atoms with E-state index < -0.39 is 4.92 Å². The normalized spacial score (nSPS) is 10.4. The Bertz CT molecular complexity index is 708. The number of carbonyl (C=O) groups excluding carboxylic acids is 1. The largest absolute Gasteiger partial charge is 0.497 e. The molecule has 2 aromatic carbocycles. The molecule has 22 heavy (non-hydrogen) atoms. The van der Waals surface area contributed by atoms with Gasteiger partial charge in [0, 0.05) is 23.9 Å². The number of nitrogens with one attached hydrogen (secondary N) is 1. The van der Waals surface area contributed by atoms with Crippen molar-refractivity contribution in [3.05, 3.63) is 70.3 Å². The van der Waals surface area contributed by atoms with Crippen LogP contribution in [0.1, 0.15) is 5.56 Å². The molecule has 0 aliphatic heterocycles. The number of methoxy groups -OCH3 is 1. The van der Waals surface area contributed by atoms with Crippen LogP contribution in [0, 0.1) is 10.1 Å². The zero-order valence-electron chi connectivity index (χ0n) is 11.9. The molecule has 6 heteroatoms. The van der Waals surface area contributed by atoms with Crippen molar-refractivity contribution in [2.24, 2.45) is 0 Å². The molecule has 1 N–H and O–H groups in total. The van der Waals surface area contributed by atoms with Crippen LogP contribution in [0.3, 0.4) is 0 Å². The number of benzene rings is 2. The lowest BCUT2D eigenvalue weighted by Crippen LogP contribution is -2.07. The molecule has 2 aromatic rings. The average molecular weight is 298 g/mol. The summed E-state index contributed by atoms with van der Waals surface area (Å²) in [6.45, 7) is 0. The molecule has 0 radical (unpaired) electrons. The fourth-order valence-corrected chi connectivity index (χ4v) is 1.77. The van der Waals surface area contributed by atoms with Crippen molar-refractivity contribution in [3.63, 3.8) is 0 Å². The first-order valence-corrected chi connectivity index (χ1v) is 6.46. The van der Waals surface area contributed by atoms with E-state index in [9.17, 15) is 14.9 Å². The standard InChI is InChI=1S/C16H14N2O4/c1-22-15-8-6-13(7-9-15)17-16(19)10-5-12-3-2-4-14(11-12)18(20)21/h2-11H,1H3,(H,17,19). The SMILES string of the molecule is COc1ccc(NC(=O)C=Cc2cccc([N+](=O)[O-])c2)cc1. The van der Waals surface area contributed by atoms with Crippen molar-refractivity contribution in [1.82, 2.24) is 0 Å². The number of hydrogen-bond donors (Lipinski definition) is 1. The van der Waals surface area contributed by atoms with Crippen LogP contribution in [0.5, 0.6) is 5.75 Å². The van der Waals surface area contributed by atoms with Crippen molar-refractivity contribution in [2.45, 2.75) is 0 Å². The number of hydrogen-bond acceptors (Lipinski definition) is 4. The predicted octanol–water partition coefficient (Wildman–Crippen LogP) is 3.26. The molecular formula is C16H14N2O4. The first-order valence-electron chi connectivity index (χ1n) is 6.46. The van der Waals surface area contributed by atoms with Gasteiger partial charge in [-0.1, -0.05) is 12.1 Å². The molecule has 6 nitrogen and oxygen atoms in total. The van der Waals surface area contributed by atoms with Gasteiger partial charge >= 0.3 is 0 Å². The molecule has 0 saturated carbocycles. The summed E-state index contributed by atoms with van der Waals surface area (Å²) in [5.41, 5.74) is 1.20. The molecule has 0 atom stereocenters. The highest BCUT2D eigenvalue weighted by atomic mass is 16.6. The van der Waals surface area contributed by atoms with Crippen LogP contribution in [0.25, 0.3) is 6.08 Å². The van der Waals surface area contributed by atoms with Crippen LogP contribution in [0.4, 0.5) is 11.4 Å². The van der Waals surface area contributed by atoms with Gasteiger partial charge < -0.3 is 10.1 Å². The zero-order chi connectivity index (χ0) is 15.9. The zero-order valence-corrected chi connectivity index (χ0v) is 11.9. The molecule has 0 saturated heterocycles. The number of nitro groups is 1. The molecule has 0 aliphatic rings. The highest BCUT2D eigenvalue weighted by Crippen LogP contribution is 2.16. The summed E-state index contributed by atoms with van der Waals surface area (Å²) in [6, 6.07) is 13.0. The van der Waals surface area contributed by atoms with Gasteiger partial charge in [-0.05, 0) is 35.9 Å². The number of carbonyl (C=O) groups is 1. The fourth-order valence-electron chi connectivity index (χ4n) is 1.77. The molecular weight excluding hydrogens is 284 g/mol. The monoisotopic (exact) mass is 298 g/mol. The Kier molecular flexibility index (Phi) is 4.87. The van der Waals surface area contributed by atoms with Gasteiger partial charge in [0.1, 0.15) is 5.75 Å². The molecule has 1 amide bonds. The Morgan fingerprint density at radius 3 is 2.59 bits per heavy atom. The molecule has 0 aromatic heterocycles. The summed E-state index contributed by atoms with van der Waals surface area (Å²) in [5.74, 6) is 0.377. The van der Waals surface area contributed by atoms with E-state index in [4.69, 9.17) is 4.74 Å². The highest BCUT2D eigenvalue weighted by molar-refractivity contribution is 6.01. The van der Waals surface area contributed by atoms with Crippen molar-refractivity contribution < 1.29 is 14.5 Å². The lowest BCUT2D eigenvalue weighted by Gasteiger charge is -2.03. The van der Waals surface area contributed by atoms with Crippen LogP contribution in [0.15, 0.2) is 54.6 Å². The van der Waals surface area contributed by atoms with E-state index in [1.807, 2.05) is 0 Å². The van der Waals surface area contributed by atoms with Crippen molar-refractivity contribution in [3.8, 4) is 5.75 Å². The van der Waals surface area contributed by atoms with E-state index in [-0.39, 0.29) is 11.6 Å². The number of nitrogens with zero attached hydrogens (tertiary/aromatic N) is 1. The quantitative estimate of drug-likeness (QED) is 0.522. The minimum Gasteiger partial charge on any atom is -0.497 e. The van der Waals surface area contributed by atoms with E-state index in [0.717, 1.165) is 0 Å². The fraction of sp³-hybridized carbons (Fsp3) is 0.0625. The molecule has 2 rings (SSSR count). The number of ether oxygens (including phenoxy) is 1. The van der Waals surface area contributed by atoms with Crippen molar-refractivity contribution in [2.75, 3.05) is 12.4 Å². The number of non-ortho nitro benzene ring substituents is 1. The maximum Gasteiger partial charge on any atom is 0.270 e. The van der Waals surface area contributed by atoms with E-state index in [1.165, 1.54) is 24.3 Å². The van der Waals surface area contributed by atoms with Gasteiger partial charge in [0.2, 0.25) is 5.91 Å². The Morgan fingerprint density at radius 2 is 1.95 bits per heavy atom. The second-order valence-corrected chi connectivity index (χ2v) is 4.40. The molecule has 112 valence electrons. The Morgan fingerprint density at radius 1 is 1.23 bits per heavy atom. The summed E-state index contributed by atoms with van der Waals surface area (Å²) in [6.07, 6.45) is 2.84. The summed E-state index contributed by atoms with van der Waals surface area (Å²) in [7, 11) is 1.56. The van der Waals surface area contributed by atoms with Gasteiger partial charge in [0.05, 0.1) is 12.0 Å². The summed E-state index contributed by atoms with van der Waals surface area (Å²) in [5, 5.41) is 13.4. The maximum atomic E-state index is 11.8. The summed E-state index contributed by atoms with van der Waals surface area (Å²) < 4.78 is 5.03. The van der Waals surface area contributed by atoms with Gasteiger partial charge in [0.15, 0.2) is 0 Å². The van der Waals surface area contributed by atoms with Gasteiger partial charge in [-0.15, -0.1) is 0 Å². The topological polar surface area (TPSA) is 81.5 Å². The minimum absolute atomic E-state index is 0.0160. The first-order chi connectivity index (χ1) is 10.6. The maximum absolute atomic E-state index is 11.8. The summed E-state index contributed by atoms with van der Waals surface area (Å²) >= 11 is 0. The highest BCUT2D eigenvalue weighted by Gasteiger charge is 2.04. The van der Waals surface area contributed by atoms with E-state index >= 15 is 0 Å². The van der Waals surface area contributed by atoms with Gasteiger partial charge in [-0.25, -0.2) is 0 Å². The summed E-state index contributed by atoms with van der Waals surface area (Å²) in [4.78, 5) is 22.0. The van der Waals surface area contributed by atoms with E-state index in [0.29, 0.717) is 17.0 Å². The first kappa shape index (κ1) is 15.2. The van der Waals surface area contributed by atoms with Gasteiger partial charge in [-0.2, -0.15) is 0 Å². The van der Waals surface area contributed by atoms with E-state index in [1.54, 1.807) is 43.5 Å². The van der Waals surface area contributed by atoms with E-state index in [2.05, 4.69) is 5.32 Å². The predicted molar refractivity (Wildman–Crippen MR) is 83.8 cm³/mol. The third-order valence-electron chi connectivity index (χ3n) is 2.87. The third-order valence-corrected chi connectivity index (χ3v) is 2.87. The molecule has 0 bridgehead atoms. The Labute approximate surface area is 127 Å². The van der Waals surface area contributed by atoms with Gasteiger partial charge in [0.25, 0.3) is 5.69 Å². The minimum atomic E-state index is -0.477. The van der Waals surface area contributed by atoms with Crippen LogP contribution in [-0.2, 0) is 4.79 Å². The van der Waals surface area contributed by atoms with Crippen LogP contribution in [0.2, 0.25) is 0 Å². The molecule has 0 spiro atoms. The molecule has 0 aliphatic carbocycles. The van der Waals surface area contributed by atoms with Gasteiger partial charge in [-0.3, -0.25) is 14.9 Å². The number of rotatable bonds is 5. The average Bonchev–Trinajstić information content (AvgIpc) is 2.54. The Hall–Kier alpha value is -3.15. The lowest BCUT2D eigenvalue weighted by atomic mass is 10.2. The van der Waals surface area contributed by atoms with Crippen LogP contribution in [-0.4, -0.2) is 17.9 Å². The molecule has 0 unspecified atom stereocenters. The number of amides is 1. The second kappa shape index (κ2) is 7.03. The Balaban J connectivity index is 2.01. The van der Waals surface area contributed by atoms with Crippen LogP contribution >= 0.6 is 0 Å². The third kappa shape index (κ3) is 4.17. The molecule has 0 heterocycles. The number of anilines is 1. The van der Waals surface area contributed by atoms with Crippen molar-refractivity contribution in [1.29, 1.82) is 0 Å². The second-order valence-electron chi connectivity index (χ2n) is 4.40. The lowest BCUT2D eigenvalue weighted by molar-refractivity contribution is -0.384. The smallest absolute Gasteiger partial charge is 0.270 e. The molecule has 0 fully saturated rings. The number of nitro benzene ring substituents is 1. The van der Waals surface area contributed by atoms with Crippen molar-refractivity contribution >= 4 is 23.4 Å².